The van der Waals surface area contributed by atoms with Crippen LogP contribution in [0.2, 0.25) is 0 Å². The summed E-state index contributed by atoms with van der Waals surface area (Å²) in [4.78, 5) is 0. The average Bonchev–Trinajstić information content (AvgIpc) is 2.84. The van der Waals surface area contributed by atoms with Crippen LogP contribution in [0, 0.1) is 0 Å². The summed E-state index contributed by atoms with van der Waals surface area (Å²) in [6.45, 7) is 15.7. The van der Waals surface area contributed by atoms with E-state index in [-0.39, 0.29) is 5.92 Å². The molecule has 2 nitrogen and oxygen atoms in total. The van der Waals surface area contributed by atoms with Gasteiger partial charge in [0.05, 0.1) is 0 Å². The predicted molar refractivity (Wildman–Crippen MR) is 144 cm³/mol. The van der Waals surface area contributed by atoms with Gasteiger partial charge in [-0.15, -0.1) is 4.20 Å². The molecule has 0 saturated heterocycles. The van der Waals surface area contributed by atoms with E-state index in [1.165, 1.54) is 11.1 Å². The molecule has 1 heterocycles. The maximum Gasteiger partial charge on any atom is 0.505 e. The fourth-order valence-electron chi connectivity index (χ4n) is 4.82. The predicted octanol–water partition coefficient (Wildman–Crippen LogP) is 10.5. The lowest BCUT2D eigenvalue weighted by molar-refractivity contribution is 0.418. The molecule has 34 heavy (non-hydrogen) atoms. The molecule has 0 spiro atoms. The zero-order valence-electron chi connectivity index (χ0n) is 22.3. The zero-order chi connectivity index (χ0) is 24.8. The van der Waals surface area contributed by atoms with Gasteiger partial charge in [0.15, 0.2) is 0 Å². The third-order valence-electron chi connectivity index (χ3n) is 7.66. The van der Waals surface area contributed by atoms with Gasteiger partial charge in [0.1, 0.15) is 11.5 Å². The van der Waals surface area contributed by atoms with Crippen molar-refractivity contribution in [3.05, 3.63) is 57.6 Å². The molecule has 2 atom stereocenters. The molecule has 0 bridgehead atoms. The van der Waals surface area contributed by atoms with E-state index in [0.29, 0.717) is 11.8 Å². The molecule has 1 aliphatic rings. The minimum Gasteiger partial charge on any atom is -0.414 e. The lowest BCUT2D eigenvalue weighted by Crippen LogP contribution is -2.12. The molecule has 4 heteroatoms. The van der Waals surface area contributed by atoms with E-state index in [9.17, 15) is 0 Å². The summed E-state index contributed by atoms with van der Waals surface area (Å²) in [6, 6.07) is 9.07. The fraction of sp³-hybridized carbons (Fsp3) is 0.600. The van der Waals surface area contributed by atoms with Gasteiger partial charge >= 0.3 is 8.69 Å². The molecule has 0 N–H and O–H groups in total. The largest absolute Gasteiger partial charge is 0.505 e. The molecule has 3 rings (SSSR count). The highest BCUT2D eigenvalue weighted by atomic mass is 31.2. The summed E-state index contributed by atoms with van der Waals surface area (Å²) >= 11 is 0. The normalized spacial score (nSPS) is 19.2. The van der Waals surface area contributed by atoms with Crippen LogP contribution in [0.4, 0.5) is 4.20 Å². The Bertz CT molecular complexity index is 882. The van der Waals surface area contributed by atoms with Gasteiger partial charge in [0.2, 0.25) is 0 Å². The van der Waals surface area contributed by atoms with Crippen molar-refractivity contribution in [3.8, 4) is 11.5 Å². The van der Waals surface area contributed by atoms with Crippen LogP contribution in [0.5, 0.6) is 11.5 Å². The quantitative estimate of drug-likeness (QED) is 0.311. The Morgan fingerprint density at radius 1 is 0.765 bits per heavy atom. The van der Waals surface area contributed by atoms with Crippen LogP contribution >= 0.6 is 8.69 Å². The van der Waals surface area contributed by atoms with Crippen molar-refractivity contribution in [3.63, 3.8) is 0 Å². The smallest absolute Gasteiger partial charge is 0.414 e. The second kappa shape index (κ2) is 12.4. The minimum atomic E-state index is -2.55. The van der Waals surface area contributed by atoms with E-state index in [0.717, 1.165) is 85.1 Å². The van der Waals surface area contributed by atoms with Crippen molar-refractivity contribution in [2.24, 2.45) is 0 Å². The molecule has 0 radical (unpaired) electrons. The summed E-state index contributed by atoms with van der Waals surface area (Å²) in [5.74, 6) is 2.42. The van der Waals surface area contributed by atoms with Gasteiger partial charge in [-0.2, -0.15) is 0 Å². The molecule has 2 unspecified atom stereocenters. The molecular weight excluding hydrogens is 442 g/mol. The van der Waals surface area contributed by atoms with Crippen molar-refractivity contribution in [1.29, 1.82) is 0 Å². The second-order valence-corrected chi connectivity index (χ2v) is 10.9. The zero-order valence-corrected chi connectivity index (χ0v) is 23.2. The SMILES string of the molecule is CCCCc1cc(C(C)CC)cc2c1OP(F)Oc1c(CCCC)cc(C(C)CC)cc1C2C. The lowest BCUT2D eigenvalue weighted by Gasteiger charge is -2.29. The summed E-state index contributed by atoms with van der Waals surface area (Å²) in [5, 5.41) is 0. The number of aryl methyl sites for hydroxylation is 2. The van der Waals surface area contributed by atoms with E-state index >= 15 is 4.20 Å². The molecule has 2 aromatic carbocycles. The first-order chi connectivity index (χ1) is 16.3. The number of halogens is 1. The Morgan fingerprint density at radius 2 is 1.18 bits per heavy atom. The van der Waals surface area contributed by atoms with Gasteiger partial charge in [0.25, 0.3) is 0 Å². The maximum atomic E-state index is 15.4. The number of benzene rings is 2. The topological polar surface area (TPSA) is 18.5 Å². The van der Waals surface area contributed by atoms with E-state index in [1.54, 1.807) is 0 Å². The van der Waals surface area contributed by atoms with E-state index in [1.807, 2.05) is 0 Å². The van der Waals surface area contributed by atoms with Gasteiger partial charge in [-0.05, 0) is 72.6 Å². The minimum absolute atomic E-state index is 0.0717. The first-order valence-electron chi connectivity index (χ1n) is 13.5. The standard InChI is InChI=1S/C30H44FO2P/c1-8-12-14-23-16-25(20(5)10-3)18-27-22(7)28-19-26(21(6)11-4)17-24(15-13-9-2)30(28)33-34(31)32-29(23)27/h16-22H,8-15H2,1-7H3. The van der Waals surface area contributed by atoms with Crippen LogP contribution in [0.1, 0.15) is 138 Å². The van der Waals surface area contributed by atoms with Crippen LogP contribution in [0.25, 0.3) is 0 Å². The van der Waals surface area contributed by atoms with E-state index in [4.69, 9.17) is 9.05 Å². The number of fused-ring (bicyclic) bond motifs is 2. The highest BCUT2D eigenvalue weighted by molar-refractivity contribution is 7.42. The van der Waals surface area contributed by atoms with E-state index in [2.05, 4.69) is 72.7 Å². The first-order valence-corrected chi connectivity index (χ1v) is 14.6. The average molecular weight is 487 g/mol. The third-order valence-corrected chi connectivity index (χ3v) is 8.31. The van der Waals surface area contributed by atoms with Crippen molar-refractivity contribution in [2.75, 3.05) is 0 Å². The van der Waals surface area contributed by atoms with Crippen LogP contribution in [-0.4, -0.2) is 0 Å². The summed E-state index contributed by atoms with van der Waals surface area (Å²) in [5.41, 5.74) is 7.14. The highest BCUT2D eigenvalue weighted by Gasteiger charge is 2.31. The van der Waals surface area contributed by atoms with Crippen LogP contribution in [0.3, 0.4) is 0 Å². The molecule has 0 aliphatic carbocycles. The Kier molecular flexibility index (Phi) is 9.84. The molecule has 0 aromatic heterocycles. The first kappa shape index (κ1) is 27.0. The lowest BCUT2D eigenvalue weighted by atomic mass is 9.82. The molecular formula is C30H44FO2P. The Balaban J connectivity index is 2.24. The second-order valence-electron chi connectivity index (χ2n) is 10.1. The van der Waals surface area contributed by atoms with Crippen molar-refractivity contribution >= 4 is 8.69 Å². The van der Waals surface area contributed by atoms with Crippen molar-refractivity contribution in [2.45, 2.75) is 118 Å². The molecule has 1 aliphatic heterocycles. The van der Waals surface area contributed by atoms with Crippen LogP contribution in [-0.2, 0) is 12.8 Å². The number of hydrogen-bond donors (Lipinski definition) is 0. The summed E-state index contributed by atoms with van der Waals surface area (Å²) < 4.78 is 27.4. The van der Waals surface area contributed by atoms with Gasteiger partial charge in [-0.3, -0.25) is 0 Å². The fourth-order valence-corrected chi connectivity index (χ4v) is 5.59. The van der Waals surface area contributed by atoms with E-state index < -0.39 is 8.69 Å². The van der Waals surface area contributed by atoms with Gasteiger partial charge in [0, 0.05) is 17.0 Å². The Hall–Kier alpha value is -1.60. The van der Waals surface area contributed by atoms with Gasteiger partial charge in [-0.25, -0.2) is 0 Å². The van der Waals surface area contributed by atoms with Crippen molar-refractivity contribution in [1.82, 2.24) is 0 Å². The number of hydrogen-bond acceptors (Lipinski definition) is 2. The Morgan fingerprint density at radius 3 is 1.53 bits per heavy atom. The van der Waals surface area contributed by atoms with Gasteiger partial charge in [-0.1, -0.05) is 85.6 Å². The van der Waals surface area contributed by atoms with Crippen LogP contribution < -0.4 is 9.05 Å². The Labute approximate surface area is 208 Å². The maximum absolute atomic E-state index is 15.4. The molecule has 0 fully saturated rings. The highest BCUT2D eigenvalue weighted by Crippen LogP contribution is 2.53. The molecule has 188 valence electrons. The molecule has 2 aromatic rings. The monoisotopic (exact) mass is 486 g/mol. The van der Waals surface area contributed by atoms with Crippen LogP contribution in [0.15, 0.2) is 24.3 Å². The summed E-state index contributed by atoms with van der Waals surface area (Å²) in [7, 11) is -2.55. The number of rotatable bonds is 10. The third kappa shape index (κ3) is 5.96. The summed E-state index contributed by atoms with van der Waals surface area (Å²) in [6.07, 6.45) is 8.29. The molecule has 0 saturated carbocycles. The number of unbranched alkanes of at least 4 members (excludes halogenated alkanes) is 2. The van der Waals surface area contributed by atoms with Gasteiger partial charge < -0.3 is 9.05 Å². The molecule has 0 amide bonds. The van der Waals surface area contributed by atoms with Crippen molar-refractivity contribution < 1.29 is 13.2 Å².